The highest BCUT2D eigenvalue weighted by atomic mass is 16.3. The van der Waals surface area contributed by atoms with Crippen LogP contribution in [-0.4, -0.2) is 66.8 Å². The number of amides is 3. The van der Waals surface area contributed by atoms with Crippen LogP contribution < -0.4 is 10.2 Å². The number of nitrogens with zero attached hydrogens (tertiary/aromatic N) is 3. The van der Waals surface area contributed by atoms with Crippen LogP contribution in [0.3, 0.4) is 0 Å². The molecule has 0 atom stereocenters. The van der Waals surface area contributed by atoms with Crippen LogP contribution in [0.1, 0.15) is 44.3 Å². The molecule has 1 aromatic carbocycles. The van der Waals surface area contributed by atoms with E-state index in [0.29, 0.717) is 43.2 Å². The maximum Gasteiger partial charge on any atom is 0.291 e. The molecular weight excluding hydrogens is 436 g/mol. The molecule has 0 aliphatic carbocycles. The molecule has 9 nitrogen and oxygen atoms in total. The lowest BCUT2D eigenvalue weighted by atomic mass is 10.1. The third-order valence-corrected chi connectivity index (χ3v) is 6.26. The Hall–Kier alpha value is -4.01. The van der Waals surface area contributed by atoms with Gasteiger partial charge < -0.3 is 28.9 Å². The molecule has 0 spiro atoms. The maximum atomic E-state index is 13.4. The van der Waals surface area contributed by atoms with Gasteiger partial charge in [0.15, 0.2) is 11.5 Å². The van der Waals surface area contributed by atoms with Gasteiger partial charge in [-0.05, 0) is 55.3 Å². The largest absolute Gasteiger partial charge is 0.459 e. The molecule has 9 heteroatoms. The topological polar surface area (TPSA) is 99.2 Å². The highest BCUT2D eigenvalue weighted by Gasteiger charge is 2.28. The Bertz CT molecular complexity index is 1160. The van der Waals surface area contributed by atoms with Gasteiger partial charge in [0.05, 0.1) is 18.1 Å². The van der Waals surface area contributed by atoms with E-state index in [0.717, 1.165) is 31.6 Å². The summed E-state index contributed by atoms with van der Waals surface area (Å²) in [4.78, 5) is 44.2. The molecule has 1 N–H and O–H groups in total. The molecule has 3 amide bonds. The first-order valence-corrected chi connectivity index (χ1v) is 11.5. The normalized spacial score (nSPS) is 16.1. The lowest BCUT2D eigenvalue weighted by Gasteiger charge is -2.37. The van der Waals surface area contributed by atoms with Gasteiger partial charge in [0.25, 0.3) is 17.7 Å². The van der Waals surface area contributed by atoms with Crippen molar-refractivity contribution in [1.29, 1.82) is 0 Å². The molecule has 3 aromatic rings. The zero-order valence-corrected chi connectivity index (χ0v) is 18.7. The Labute approximate surface area is 196 Å². The fraction of sp³-hybridized carbons (Fsp3) is 0.320. The number of carbonyl (C=O) groups is 3. The predicted octanol–water partition coefficient (Wildman–Crippen LogP) is 3.32. The summed E-state index contributed by atoms with van der Waals surface area (Å²) in [6.45, 7) is 3.68. The zero-order chi connectivity index (χ0) is 23.5. The van der Waals surface area contributed by atoms with Crippen LogP contribution in [0.25, 0.3) is 0 Å². The fourth-order valence-electron chi connectivity index (χ4n) is 4.46. The highest BCUT2D eigenvalue weighted by molar-refractivity contribution is 6.05. The lowest BCUT2D eigenvalue weighted by Crippen LogP contribution is -2.49. The first-order chi connectivity index (χ1) is 16.6. The Morgan fingerprint density at radius 2 is 1.38 bits per heavy atom. The molecule has 2 aromatic heterocycles. The predicted molar refractivity (Wildman–Crippen MR) is 125 cm³/mol. The van der Waals surface area contributed by atoms with Crippen LogP contribution in [-0.2, 0) is 0 Å². The van der Waals surface area contributed by atoms with Crippen LogP contribution in [0, 0.1) is 0 Å². The summed E-state index contributed by atoms with van der Waals surface area (Å²) in [5, 5.41) is 2.81. The molecule has 2 fully saturated rings. The maximum absolute atomic E-state index is 13.4. The molecular formula is C25H26N4O5. The molecule has 0 bridgehead atoms. The van der Waals surface area contributed by atoms with E-state index in [-0.39, 0.29) is 23.5 Å². The van der Waals surface area contributed by atoms with Crippen molar-refractivity contribution in [2.75, 3.05) is 49.5 Å². The average molecular weight is 463 g/mol. The highest BCUT2D eigenvalue weighted by Crippen LogP contribution is 2.28. The molecule has 34 heavy (non-hydrogen) atoms. The number of hydrogen-bond acceptors (Lipinski definition) is 6. The van der Waals surface area contributed by atoms with Crippen LogP contribution in [0.5, 0.6) is 0 Å². The van der Waals surface area contributed by atoms with Crippen molar-refractivity contribution < 1.29 is 23.2 Å². The van der Waals surface area contributed by atoms with Gasteiger partial charge >= 0.3 is 0 Å². The van der Waals surface area contributed by atoms with E-state index in [1.54, 1.807) is 41.3 Å². The van der Waals surface area contributed by atoms with Crippen molar-refractivity contribution in [2.45, 2.75) is 12.8 Å². The summed E-state index contributed by atoms with van der Waals surface area (Å²) in [6, 6.07) is 12.0. The standard InChI is InChI=1S/C25H26N4O5/c30-23(21-5-3-15-33-21)26-18-7-8-20(19(17-18)24(31)28-9-1-2-10-28)27-11-13-29(14-12-27)25(32)22-6-4-16-34-22/h3-8,15-17H,1-2,9-14H2,(H,26,30). The van der Waals surface area contributed by atoms with E-state index < -0.39 is 0 Å². The first-order valence-electron chi connectivity index (χ1n) is 11.5. The molecule has 5 rings (SSSR count). The van der Waals surface area contributed by atoms with E-state index in [1.165, 1.54) is 12.5 Å². The summed E-state index contributed by atoms with van der Waals surface area (Å²) in [5.41, 5.74) is 1.88. The summed E-state index contributed by atoms with van der Waals surface area (Å²) < 4.78 is 10.4. The minimum absolute atomic E-state index is 0.0457. The number of rotatable bonds is 5. The second kappa shape index (κ2) is 9.46. The summed E-state index contributed by atoms with van der Waals surface area (Å²) in [5.74, 6) is -0.0177. The van der Waals surface area contributed by atoms with E-state index in [1.807, 2.05) is 11.0 Å². The number of furan rings is 2. The molecule has 0 saturated carbocycles. The van der Waals surface area contributed by atoms with E-state index in [2.05, 4.69) is 10.2 Å². The number of benzene rings is 1. The first kappa shape index (κ1) is 21.8. The minimum atomic E-state index is -0.373. The van der Waals surface area contributed by atoms with Gasteiger partial charge in [-0.2, -0.15) is 0 Å². The second-order valence-corrected chi connectivity index (χ2v) is 8.42. The van der Waals surface area contributed by atoms with Crippen LogP contribution in [0.4, 0.5) is 11.4 Å². The van der Waals surface area contributed by atoms with Crippen molar-refractivity contribution in [1.82, 2.24) is 9.80 Å². The molecule has 0 unspecified atom stereocenters. The van der Waals surface area contributed by atoms with Gasteiger partial charge in [0.1, 0.15) is 0 Å². The zero-order valence-electron chi connectivity index (χ0n) is 18.7. The van der Waals surface area contributed by atoms with E-state index in [4.69, 9.17) is 8.83 Å². The minimum Gasteiger partial charge on any atom is -0.459 e. The third-order valence-electron chi connectivity index (χ3n) is 6.26. The lowest BCUT2D eigenvalue weighted by molar-refractivity contribution is 0.0712. The molecule has 2 saturated heterocycles. The van der Waals surface area contributed by atoms with Crippen molar-refractivity contribution >= 4 is 29.1 Å². The summed E-state index contributed by atoms with van der Waals surface area (Å²) in [6.07, 6.45) is 4.91. The van der Waals surface area contributed by atoms with Crippen molar-refractivity contribution in [2.24, 2.45) is 0 Å². The van der Waals surface area contributed by atoms with Gasteiger partial charge in [-0.3, -0.25) is 14.4 Å². The van der Waals surface area contributed by atoms with Gasteiger partial charge in [-0.15, -0.1) is 0 Å². The van der Waals surface area contributed by atoms with Crippen molar-refractivity contribution in [3.05, 3.63) is 72.1 Å². The van der Waals surface area contributed by atoms with Crippen molar-refractivity contribution in [3.63, 3.8) is 0 Å². The number of carbonyl (C=O) groups excluding carboxylic acids is 3. The molecule has 0 radical (unpaired) electrons. The van der Waals surface area contributed by atoms with E-state index in [9.17, 15) is 14.4 Å². The monoisotopic (exact) mass is 462 g/mol. The summed E-state index contributed by atoms with van der Waals surface area (Å²) >= 11 is 0. The van der Waals surface area contributed by atoms with Gasteiger partial charge in [0, 0.05) is 50.6 Å². The van der Waals surface area contributed by atoms with Gasteiger partial charge in [-0.25, -0.2) is 0 Å². The fourth-order valence-corrected chi connectivity index (χ4v) is 4.46. The van der Waals surface area contributed by atoms with Gasteiger partial charge in [0.2, 0.25) is 0 Å². The molecule has 2 aliphatic heterocycles. The van der Waals surface area contributed by atoms with Crippen LogP contribution in [0.15, 0.2) is 63.8 Å². The Kier molecular flexibility index (Phi) is 6.07. The second-order valence-electron chi connectivity index (χ2n) is 8.42. The summed E-state index contributed by atoms with van der Waals surface area (Å²) in [7, 11) is 0. The third kappa shape index (κ3) is 4.41. The smallest absolute Gasteiger partial charge is 0.291 e. The van der Waals surface area contributed by atoms with Crippen LogP contribution in [0.2, 0.25) is 0 Å². The number of piperazine rings is 1. The average Bonchev–Trinajstić information content (AvgIpc) is 3.66. The molecule has 176 valence electrons. The molecule has 4 heterocycles. The Balaban J connectivity index is 1.36. The number of anilines is 2. The number of nitrogens with one attached hydrogen (secondary N) is 1. The van der Waals surface area contributed by atoms with Crippen molar-refractivity contribution in [3.8, 4) is 0 Å². The quantitative estimate of drug-likeness (QED) is 0.625. The van der Waals surface area contributed by atoms with Crippen LogP contribution >= 0.6 is 0 Å². The number of likely N-dealkylation sites (tertiary alicyclic amines) is 1. The van der Waals surface area contributed by atoms with E-state index >= 15 is 0 Å². The van der Waals surface area contributed by atoms with Gasteiger partial charge in [-0.1, -0.05) is 0 Å². The molecule has 2 aliphatic rings. The number of hydrogen-bond donors (Lipinski definition) is 1. The SMILES string of the molecule is O=C(Nc1ccc(N2CCN(C(=O)c3ccco3)CC2)c(C(=O)N2CCCC2)c1)c1ccco1. The Morgan fingerprint density at radius 1 is 0.735 bits per heavy atom. The Morgan fingerprint density at radius 3 is 2.03 bits per heavy atom.